The second kappa shape index (κ2) is 8.40. The van der Waals surface area contributed by atoms with Crippen LogP contribution in [0.5, 0.6) is 0 Å². The molecule has 0 saturated carbocycles. The summed E-state index contributed by atoms with van der Waals surface area (Å²) >= 11 is 0. The van der Waals surface area contributed by atoms with Crippen LogP contribution in [-0.4, -0.2) is 0 Å². The van der Waals surface area contributed by atoms with Crippen LogP contribution in [-0.2, 0) is 25.7 Å². The Kier molecular flexibility index (Phi) is 8.06. The van der Waals surface area contributed by atoms with Gasteiger partial charge in [0.25, 0.3) is 0 Å². The van der Waals surface area contributed by atoms with Gasteiger partial charge in [0.1, 0.15) is 0 Å². The Morgan fingerprint density at radius 3 is 1.47 bits per heavy atom. The molecule has 0 spiro atoms. The van der Waals surface area contributed by atoms with Gasteiger partial charge in [-0.25, -0.2) is 0 Å². The molecule has 0 unspecified atom stereocenters. The number of benzene rings is 1. The molecule has 0 heterocycles. The van der Waals surface area contributed by atoms with Crippen molar-refractivity contribution in [2.75, 3.05) is 0 Å². The Hall–Kier alpha value is -0.780. The summed E-state index contributed by atoms with van der Waals surface area (Å²) in [5, 5.41) is 0. The van der Waals surface area contributed by atoms with Crippen molar-refractivity contribution in [2.45, 2.75) is 87.0 Å². The minimum atomic E-state index is 0. The zero-order chi connectivity index (χ0) is 12.3. The molecular weight excluding hydrogens is 228 g/mol. The fourth-order valence-electron chi connectivity index (χ4n) is 3.43. The Morgan fingerprint density at radius 1 is 0.684 bits per heavy atom. The average molecular weight is 262 g/mol. The molecular formula is C19H34. The lowest BCUT2D eigenvalue weighted by atomic mass is 9.80. The summed E-state index contributed by atoms with van der Waals surface area (Å²) in [6.45, 7) is 6.37. The first-order chi connectivity index (χ1) is 8.36. The molecule has 0 amide bonds. The van der Waals surface area contributed by atoms with Crippen molar-refractivity contribution in [1.82, 2.24) is 0 Å². The van der Waals surface area contributed by atoms with Gasteiger partial charge < -0.3 is 0 Å². The molecule has 0 radical (unpaired) electrons. The second-order valence-corrected chi connectivity index (χ2v) is 5.19. The fraction of sp³-hybridized carbons (Fsp3) is 0.684. The largest absolute Gasteiger partial charge is 0.0776 e. The highest BCUT2D eigenvalue weighted by molar-refractivity contribution is 5.47. The van der Waals surface area contributed by atoms with Gasteiger partial charge in [0.05, 0.1) is 0 Å². The Labute approximate surface area is 121 Å². The third-order valence-electron chi connectivity index (χ3n) is 4.27. The summed E-state index contributed by atoms with van der Waals surface area (Å²) in [4.78, 5) is 0. The molecule has 0 heteroatoms. The van der Waals surface area contributed by atoms with Gasteiger partial charge in [-0.15, -0.1) is 0 Å². The van der Waals surface area contributed by atoms with E-state index in [1.807, 2.05) is 13.8 Å². The minimum Gasteiger partial charge on any atom is -0.0776 e. The maximum absolute atomic E-state index is 2.54. The first kappa shape index (κ1) is 18.2. The first-order valence-electron chi connectivity index (χ1n) is 7.49. The molecule has 0 fully saturated rings. The number of hydrogen-bond acceptors (Lipinski definition) is 0. The van der Waals surface area contributed by atoms with Gasteiger partial charge in [-0.3, -0.25) is 0 Å². The summed E-state index contributed by atoms with van der Waals surface area (Å²) in [5.74, 6) is 0. The van der Waals surface area contributed by atoms with Crippen LogP contribution in [0.2, 0.25) is 0 Å². The normalized spacial score (nSPS) is 15.7. The van der Waals surface area contributed by atoms with Crippen molar-refractivity contribution in [3.63, 3.8) is 0 Å². The van der Waals surface area contributed by atoms with Gasteiger partial charge in [0.15, 0.2) is 0 Å². The van der Waals surface area contributed by atoms with Crippen molar-refractivity contribution in [1.29, 1.82) is 0 Å². The van der Waals surface area contributed by atoms with Crippen molar-refractivity contribution < 1.29 is 0 Å². The number of aryl methyl sites for hydroxylation is 2. The number of hydrogen-bond donors (Lipinski definition) is 0. The van der Waals surface area contributed by atoms with Crippen molar-refractivity contribution in [3.05, 3.63) is 33.9 Å². The fourth-order valence-corrected chi connectivity index (χ4v) is 3.43. The average Bonchev–Trinajstić information content (AvgIpc) is 2.41. The van der Waals surface area contributed by atoms with Crippen LogP contribution in [0, 0.1) is 6.92 Å². The summed E-state index contributed by atoms with van der Waals surface area (Å²) in [5.41, 5.74) is 8.43. The predicted octanol–water partition coefficient (Wildman–Crippen LogP) is 6.05. The number of rotatable bonds is 0. The predicted molar refractivity (Wildman–Crippen MR) is 89.3 cm³/mol. The molecule has 110 valence electrons. The highest BCUT2D eigenvalue weighted by Crippen LogP contribution is 2.32. The van der Waals surface area contributed by atoms with Gasteiger partial charge in [0.2, 0.25) is 0 Å². The third-order valence-corrected chi connectivity index (χ3v) is 4.27. The van der Waals surface area contributed by atoms with Crippen LogP contribution in [0.15, 0.2) is 6.07 Å². The Balaban J connectivity index is 0.000000776. The zero-order valence-corrected chi connectivity index (χ0v) is 11.7. The Morgan fingerprint density at radius 2 is 1.05 bits per heavy atom. The summed E-state index contributed by atoms with van der Waals surface area (Å²) in [6, 6.07) is 2.54. The highest BCUT2D eigenvalue weighted by atomic mass is 14.2. The van der Waals surface area contributed by atoms with Crippen LogP contribution >= 0.6 is 0 Å². The van der Waals surface area contributed by atoms with Crippen LogP contribution in [0.3, 0.4) is 0 Å². The topological polar surface area (TPSA) is 0 Å². The van der Waals surface area contributed by atoms with E-state index in [0.29, 0.717) is 0 Å². The summed E-state index contributed by atoms with van der Waals surface area (Å²) in [6.07, 6.45) is 11.0. The van der Waals surface area contributed by atoms with Crippen LogP contribution in [0.1, 0.15) is 82.2 Å². The van der Waals surface area contributed by atoms with E-state index in [9.17, 15) is 0 Å². The van der Waals surface area contributed by atoms with Gasteiger partial charge in [-0.05, 0) is 86.1 Å². The van der Waals surface area contributed by atoms with Gasteiger partial charge in [-0.2, -0.15) is 0 Å². The standard InChI is InChI=1S/C15H20.C2H6.2CH4/c1-11-14-8-4-2-6-12(14)10-13-7-3-5-9-15(11)13;1-2;;/h10H,2-9H2,1H3;1-2H3;2*1H4. The van der Waals surface area contributed by atoms with Gasteiger partial charge >= 0.3 is 0 Å². The quantitative estimate of drug-likeness (QED) is 0.534. The molecule has 0 saturated heterocycles. The van der Waals surface area contributed by atoms with Crippen molar-refractivity contribution in [2.24, 2.45) is 0 Å². The van der Waals surface area contributed by atoms with E-state index in [4.69, 9.17) is 0 Å². The lowest BCUT2D eigenvalue weighted by Crippen LogP contribution is -2.12. The van der Waals surface area contributed by atoms with E-state index >= 15 is 0 Å². The maximum atomic E-state index is 2.54. The SMILES string of the molecule is C.C.CC.Cc1c2c(cc3c1CCCC3)CCCC2. The van der Waals surface area contributed by atoms with Crippen molar-refractivity contribution >= 4 is 0 Å². The second-order valence-electron chi connectivity index (χ2n) is 5.19. The molecule has 1 aromatic carbocycles. The molecule has 0 N–H and O–H groups in total. The highest BCUT2D eigenvalue weighted by Gasteiger charge is 2.19. The molecule has 0 bridgehead atoms. The summed E-state index contributed by atoms with van der Waals surface area (Å²) < 4.78 is 0. The molecule has 0 aromatic heterocycles. The lowest BCUT2D eigenvalue weighted by molar-refractivity contribution is 0.652. The van der Waals surface area contributed by atoms with E-state index in [2.05, 4.69) is 13.0 Å². The van der Waals surface area contributed by atoms with Crippen molar-refractivity contribution in [3.8, 4) is 0 Å². The monoisotopic (exact) mass is 262 g/mol. The van der Waals surface area contributed by atoms with Gasteiger partial charge in [-0.1, -0.05) is 34.8 Å². The minimum absolute atomic E-state index is 0. The zero-order valence-electron chi connectivity index (χ0n) is 11.7. The Bertz CT molecular complexity index is 353. The molecule has 3 rings (SSSR count). The number of fused-ring (bicyclic) bond motifs is 2. The molecule has 0 aliphatic heterocycles. The molecule has 19 heavy (non-hydrogen) atoms. The van der Waals surface area contributed by atoms with Gasteiger partial charge in [0, 0.05) is 0 Å². The molecule has 0 atom stereocenters. The van der Waals surface area contributed by atoms with E-state index in [1.165, 1.54) is 51.4 Å². The van der Waals surface area contributed by atoms with E-state index in [-0.39, 0.29) is 14.9 Å². The van der Waals surface area contributed by atoms with E-state index < -0.39 is 0 Å². The maximum Gasteiger partial charge on any atom is -0.0273 e. The van der Waals surface area contributed by atoms with Crippen LogP contribution in [0.4, 0.5) is 0 Å². The molecule has 2 aliphatic rings. The molecule has 1 aromatic rings. The van der Waals surface area contributed by atoms with Crippen LogP contribution in [0.25, 0.3) is 0 Å². The molecule has 0 nitrogen and oxygen atoms in total. The lowest BCUT2D eigenvalue weighted by Gasteiger charge is -2.26. The van der Waals surface area contributed by atoms with E-state index in [0.717, 1.165) is 0 Å². The molecule has 2 aliphatic carbocycles. The third kappa shape index (κ3) is 3.61. The first-order valence-corrected chi connectivity index (χ1v) is 7.49. The summed E-state index contributed by atoms with van der Waals surface area (Å²) in [7, 11) is 0. The van der Waals surface area contributed by atoms with E-state index in [1.54, 1.807) is 27.8 Å². The van der Waals surface area contributed by atoms with Crippen LogP contribution < -0.4 is 0 Å². The smallest absolute Gasteiger partial charge is 0.0273 e.